The van der Waals surface area contributed by atoms with Gasteiger partial charge in [-0.3, -0.25) is 4.90 Å². The Morgan fingerprint density at radius 2 is 1.67 bits per heavy atom. The largest absolute Gasteiger partial charge is 0.388 e. The summed E-state index contributed by atoms with van der Waals surface area (Å²) in [5.74, 6) is 0. The highest BCUT2D eigenvalue weighted by Gasteiger charge is 2.56. The Bertz CT molecular complexity index is 969. The smallest absolute Gasteiger partial charge is 0.325 e. The van der Waals surface area contributed by atoms with Crippen LogP contribution in [0.2, 0.25) is 0 Å². The maximum Gasteiger partial charge on any atom is 0.325 e. The number of urea groups is 1. The minimum Gasteiger partial charge on any atom is -0.388 e. The van der Waals surface area contributed by atoms with Gasteiger partial charge in [0.25, 0.3) is 0 Å². The molecule has 0 bridgehead atoms. The van der Waals surface area contributed by atoms with Gasteiger partial charge in [-0.15, -0.1) is 0 Å². The van der Waals surface area contributed by atoms with Gasteiger partial charge in [0.2, 0.25) is 0 Å². The number of carbonyl (C=O) groups excluding carboxylic acids is 1. The van der Waals surface area contributed by atoms with Crippen molar-refractivity contribution in [1.82, 2.24) is 19.8 Å². The SMILES string of the molecule is CN(C)CC1(c2ccccc2)CCC2(CC1)CN(c1cncnc1)C(=O)N2CC1(O)CCC1. The summed E-state index contributed by atoms with van der Waals surface area (Å²) in [7, 11) is 4.29. The Labute approximate surface area is 196 Å². The van der Waals surface area contributed by atoms with Gasteiger partial charge in [-0.25, -0.2) is 14.8 Å². The predicted molar refractivity (Wildman–Crippen MR) is 128 cm³/mol. The lowest BCUT2D eigenvalue weighted by Gasteiger charge is -2.51. The molecule has 2 amide bonds. The molecule has 1 spiro atoms. The summed E-state index contributed by atoms with van der Waals surface area (Å²) < 4.78 is 0. The number of aromatic nitrogens is 2. The summed E-state index contributed by atoms with van der Waals surface area (Å²) in [6.07, 6.45) is 11.3. The van der Waals surface area contributed by atoms with Gasteiger partial charge in [0.15, 0.2) is 0 Å². The highest BCUT2D eigenvalue weighted by atomic mass is 16.3. The van der Waals surface area contributed by atoms with Gasteiger partial charge in [-0.05, 0) is 64.6 Å². The molecule has 0 radical (unpaired) electrons. The van der Waals surface area contributed by atoms with Crippen molar-refractivity contribution >= 4 is 11.7 Å². The van der Waals surface area contributed by atoms with E-state index in [4.69, 9.17) is 0 Å². The maximum absolute atomic E-state index is 13.7. The van der Waals surface area contributed by atoms with Gasteiger partial charge in [0.05, 0.1) is 42.3 Å². The lowest BCUT2D eigenvalue weighted by Crippen LogP contribution is -2.59. The van der Waals surface area contributed by atoms with E-state index >= 15 is 0 Å². The van der Waals surface area contributed by atoms with E-state index in [1.807, 2.05) is 9.80 Å². The molecular formula is C26H35N5O2. The summed E-state index contributed by atoms with van der Waals surface area (Å²) in [6.45, 7) is 2.03. The number of rotatable bonds is 6. The topological polar surface area (TPSA) is 72.8 Å². The molecule has 1 saturated heterocycles. The third-order valence-electron chi connectivity index (χ3n) is 8.23. The highest BCUT2D eigenvalue weighted by molar-refractivity contribution is 5.95. The van der Waals surface area contributed by atoms with Crippen molar-refractivity contribution in [3.05, 3.63) is 54.6 Å². The maximum atomic E-state index is 13.7. The molecule has 176 valence electrons. The van der Waals surface area contributed by atoms with E-state index in [-0.39, 0.29) is 17.0 Å². The molecule has 7 nitrogen and oxygen atoms in total. The molecule has 2 aromatic rings. The van der Waals surface area contributed by atoms with Crippen LogP contribution >= 0.6 is 0 Å². The molecule has 0 atom stereocenters. The van der Waals surface area contributed by atoms with Crippen molar-refractivity contribution in [3.8, 4) is 0 Å². The van der Waals surface area contributed by atoms with Crippen LogP contribution in [0.1, 0.15) is 50.5 Å². The van der Waals surface area contributed by atoms with Crippen molar-refractivity contribution < 1.29 is 9.90 Å². The number of carbonyl (C=O) groups is 1. The van der Waals surface area contributed by atoms with Gasteiger partial charge in [-0.2, -0.15) is 0 Å². The minimum absolute atomic E-state index is 0.0232. The number of hydrogen-bond acceptors (Lipinski definition) is 5. The molecule has 2 heterocycles. The molecule has 5 rings (SSSR count). The van der Waals surface area contributed by atoms with Gasteiger partial charge < -0.3 is 14.9 Å². The summed E-state index contributed by atoms with van der Waals surface area (Å²) in [5, 5.41) is 11.0. The standard InChI is InChI=1S/C26H35N5O2/c1-29(2)17-24(21-7-4-3-5-8-21)11-13-25(14-12-24)18-30(22-15-27-20-28-16-22)23(32)31(25)19-26(33)9-6-10-26/h3-5,7-8,15-16,20,33H,6,9-14,17-19H2,1-2H3. The first kappa shape index (κ1) is 22.3. The summed E-state index contributed by atoms with van der Waals surface area (Å²) >= 11 is 0. The lowest BCUT2D eigenvalue weighted by atomic mass is 9.63. The van der Waals surface area contributed by atoms with Crippen LogP contribution in [-0.4, -0.2) is 75.8 Å². The average molecular weight is 450 g/mol. The minimum atomic E-state index is -0.747. The number of aliphatic hydroxyl groups is 1. The van der Waals surface area contributed by atoms with E-state index in [1.165, 1.54) is 11.9 Å². The van der Waals surface area contributed by atoms with Gasteiger partial charge in [-0.1, -0.05) is 30.3 Å². The number of benzene rings is 1. The number of anilines is 1. The zero-order valence-electron chi connectivity index (χ0n) is 19.8. The molecule has 1 N–H and O–H groups in total. The van der Waals surface area contributed by atoms with Gasteiger partial charge >= 0.3 is 6.03 Å². The third kappa shape index (κ3) is 4.02. The molecule has 33 heavy (non-hydrogen) atoms. The lowest BCUT2D eigenvalue weighted by molar-refractivity contribution is -0.0688. The quantitative estimate of drug-likeness (QED) is 0.731. The highest BCUT2D eigenvalue weighted by Crippen LogP contribution is 2.50. The number of nitrogens with zero attached hydrogens (tertiary/aromatic N) is 5. The molecule has 2 aliphatic carbocycles. The van der Waals surface area contributed by atoms with Crippen molar-refractivity contribution in [2.45, 2.75) is 61.5 Å². The Morgan fingerprint density at radius 1 is 1.00 bits per heavy atom. The number of amides is 2. The Morgan fingerprint density at radius 3 is 2.24 bits per heavy atom. The van der Waals surface area contributed by atoms with Gasteiger partial charge in [0.1, 0.15) is 6.33 Å². The second kappa shape index (κ2) is 8.37. The molecule has 2 saturated carbocycles. The van der Waals surface area contributed by atoms with Crippen molar-refractivity contribution in [1.29, 1.82) is 0 Å². The first-order chi connectivity index (χ1) is 15.8. The van der Waals surface area contributed by atoms with E-state index in [9.17, 15) is 9.90 Å². The van der Waals surface area contributed by atoms with E-state index in [2.05, 4.69) is 59.3 Å². The van der Waals surface area contributed by atoms with E-state index < -0.39 is 5.60 Å². The molecule has 0 unspecified atom stereocenters. The zero-order chi connectivity index (χ0) is 23.1. The van der Waals surface area contributed by atoms with Crippen LogP contribution in [0.25, 0.3) is 0 Å². The summed E-state index contributed by atoms with van der Waals surface area (Å²) in [5.41, 5.74) is 1.17. The number of hydrogen-bond donors (Lipinski definition) is 1. The zero-order valence-corrected chi connectivity index (χ0v) is 19.8. The molecule has 7 heteroatoms. The first-order valence-corrected chi connectivity index (χ1v) is 12.1. The Kier molecular flexibility index (Phi) is 5.65. The monoisotopic (exact) mass is 449 g/mol. The van der Waals surface area contributed by atoms with Crippen LogP contribution in [0.15, 0.2) is 49.1 Å². The van der Waals surface area contributed by atoms with Crippen molar-refractivity contribution in [2.75, 3.05) is 38.6 Å². The second-order valence-corrected chi connectivity index (χ2v) is 10.7. The number of β-amino-alcohol motifs (C(OH)–C–C–N with tert-alkyl or cyclic N) is 1. The molecule has 1 aromatic heterocycles. The fourth-order valence-corrected chi connectivity index (χ4v) is 6.26. The van der Waals surface area contributed by atoms with Crippen LogP contribution in [0.5, 0.6) is 0 Å². The van der Waals surface area contributed by atoms with Crippen LogP contribution in [-0.2, 0) is 5.41 Å². The first-order valence-electron chi connectivity index (χ1n) is 12.1. The molecular weight excluding hydrogens is 414 g/mol. The summed E-state index contributed by atoms with van der Waals surface area (Å²) in [6, 6.07) is 10.8. The number of likely N-dealkylation sites (N-methyl/N-ethyl adjacent to an activating group) is 1. The fraction of sp³-hybridized carbons (Fsp3) is 0.577. The van der Waals surface area contributed by atoms with Crippen LogP contribution in [0.4, 0.5) is 10.5 Å². The molecule has 1 aromatic carbocycles. The van der Waals surface area contributed by atoms with E-state index in [1.54, 1.807) is 12.4 Å². The van der Waals surface area contributed by atoms with Gasteiger partial charge in [0, 0.05) is 12.0 Å². The van der Waals surface area contributed by atoms with Crippen molar-refractivity contribution in [2.24, 2.45) is 0 Å². The van der Waals surface area contributed by atoms with Crippen molar-refractivity contribution in [3.63, 3.8) is 0 Å². The Hall–Kier alpha value is -2.51. The van der Waals surface area contributed by atoms with Crippen LogP contribution < -0.4 is 4.90 Å². The summed E-state index contributed by atoms with van der Waals surface area (Å²) in [4.78, 5) is 28.1. The molecule has 3 fully saturated rings. The fourth-order valence-electron chi connectivity index (χ4n) is 6.26. The molecule has 1 aliphatic heterocycles. The van der Waals surface area contributed by atoms with E-state index in [0.717, 1.165) is 57.2 Å². The normalized spacial score (nSPS) is 29.0. The predicted octanol–water partition coefficient (Wildman–Crippen LogP) is 3.45. The van der Waals surface area contributed by atoms with Crippen LogP contribution in [0, 0.1) is 0 Å². The van der Waals surface area contributed by atoms with Crippen LogP contribution in [0.3, 0.4) is 0 Å². The second-order valence-electron chi connectivity index (χ2n) is 10.7. The average Bonchev–Trinajstić information content (AvgIpc) is 3.07. The Balaban J connectivity index is 1.46. The third-order valence-corrected chi connectivity index (χ3v) is 8.23. The molecule has 3 aliphatic rings. The van der Waals surface area contributed by atoms with E-state index in [0.29, 0.717) is 13.1 Å².